The van der Waals surface area contributed by atoms with Gasteiger partial charge in [0.1, 0.15) is 17.1 Å². The molecule has 2 aromatic heterocycles. The Kier molecular flexibility index (Phi) is 6.47. The Morgan fingerprint density at radius 1 is 1.22 bits per heavy atom. The number of rotatable bonds is 9. The second-order valence-corrected chi connectivity index (χ2v) is 7.87. The molecule has 1 atom stereocenters. The van der Waals surface area contributed by atoms with Crippen molar-refractivity contribution in [1.29, 1.82) is 0 Å². The first-order valence-electron chi connectivity index (χ1n) is 10.7. The molecule has 3 rings (SSSR count). The van der Waals surface area contributed by atoms with Crippen LogP contribution >= 0.6 is 0 Å². The number of H-pyrrole nitrogens is 1. The molecule has 32 heavy (non-hydrogen) atoms. The normalized spacial score (nSPS) is 13.2. The predicted molar refractivity (Wildman–Crippen MR) is 120 cm³/mol. The minimum atomic E-state index is -1.32. The second kappa shape index (κ2) is 8.94. The first kappa shape index (κ1) is 23.2. The number of aryl methyl sites for hydroxylation is 1. The average molecular weight is 441 g/mol. The molecule has 1 aromatic carbocycles. The van der Waals surface area contributed by atoms with E-state index in [1.54, 1.807) is 32.0 Å². The third-order valence-electron chi connectivity index (χ3n) is 5.68. The summed E-state index contributed by atoms with van der Waals surface area (Å²) >= 11 is 0. The minimum Gasteiger partial charge on any atom is -0.493 e. The smallest absolute Gasteiger partial charge is 0.331 e. The first-order valence-corrected chi connectivity index (χ1v) is 10.7. The summed E-state index contributed by atoms with van der Waals surface area (Å²) < 4.78 is 7.22. The van der Waals surface area contributed by atoms with E-state index in [1.807, 2.05) is 13.8 Å². The topological polar surface area (TPSA) is 127 Å². The van der Waals surface area contributed by atoms with Gasteiger partial charge in [0.2, 0.25) is 0 Å². The number of aromatic nitrogens is 4. The largest absolute Gasteiger partial charge is 0.493 e. The zero-order valence-electron chi connectivity index (χ0n) is 19.0. The van der Waals surface area contributed by atoms with Crippen LogP contribution in [0.3, 0.4) is 0 Å². The fourth-order valence-electron chi connectivity index (χ4n) is 3.54. The molecule has 0 aliphatic rings. The van der Waals surface area contributed by atoms with Crippen LogP contribution in [-0.4, -0.2) is 43.2 Å². The van der Waals surface area contributed by atoms with E-state index in [2.05, 4.69) is 15.1 Å². The van der Waals surface area contributed by atoms with Crippen molar-refractivity contribution in [2.75, 3.05) is 6.61 Å². The number of ether oxygens (including phenoxy) is 1. The number of fused-ring (bicyclic) bond motifs is 1. The van der Waals surface area contributed by atoms with Crippen molar-refractivity contribution in [2.45, 2.75) is 59.4 Å². The summed E-state index contributed by atoms with van der Waals surface area (Å²) in [5.41, 5.74) is 0.101. The fraction of sp³-hybridized carbons (Fsp3) is 0.435. The third-order valence-corrected chi connectivity index (χ3v) is 5.68. The van der Waals surface area contributed by atoms with Gasteiger partial charge in [-0.25, -0.2) is 14.5 Å². The highest BCUT2D eigenvalue weighted by Gasteiger charge is 2.37. The van der Waals surface area contributed by atoms with Crippen LogP contribution in [0.4, 0.5) is 0 Å². The van der Waals surface area contributed by atoms with E-state index in [0.29, 0.717) is 41.1 Å². The molecule has 2 N–H and O–H groups in total. The summed E-state index contributed by atoms with van der Waals surface area (Å²) in [5, 5.41) is 14.2. The van der Waals surface area contributed by atoms with Crippen molar-refractivity contribution < 1.29 is 19.4 Å². The molecule has 3 aromatic rings. The Bertz CT molecular complexity index is 1240. The number of ketones is 1. The number of nitrogens with one attached hydrogen (secondary N) is 1. The summed E-state index contributed by atoms with van der Waals surface area (Å²) in [6, 6.07) is 5.00. The molecule has 1 unspecified atom stereocenters. The number of carbonyl (C=O) groups is 2. The van der Waals surface area contributed by atoms with Crippen molar-refractivity contribution in [3.63, 3.8) is 0 Å². The summed E-state index contributed by atoms with van der Waals surface area (Å²) in [5.74, 6) is -0.435. The standard InChI is InChI=1S/C23H28N4O5/c1-6-11-32-17-10-9-14(13(4)28)12-15(17)20-24-18-16(7-2)27(23(5,8-3)22(30)31)26-19(18)21(29)25-20/h9-10,12H,6-8,11H2,1-5H3,(H,30,31)(H,24,25,29). The molecule has 9 heteroatoms. The summed E-state index contributed by atoms with van der Waals surface area (Å²) in [6.45, 7) is 9.09. The van der Waals surface area contributed by atoms with E-state index in [9.17, 15) is 19.5 Å². The van der Waals surface area contributed by atoms with Crippen LogP contribution in [0.15, 0.2) is 23.0 Å². The van der Waals surface area contributed by atoms with Crippen LogP contribution < -0.4 is 10.3 Å². The maximum atomic E-state index is 13.0. The van der Waals surface area contributed by atoms with Crippen molar-refractivity contribution in [3.8, 4) is 17.1 Å². The first-order chi connectivity index (χ1) is 15.2. The predicted octanol–water partition coefficient (Wildman–Crippen LogP) is 3.55. The van der Waals surface area contributed by atoms with Gasteiger partial charge in [0.25, 0.3) is 5.56 Å². The number of carboxylic acids is 1. The molecule has 0 aliphatic heterocycles. The van der Waals surface area contributed by atoms with Gasteiger partial charge in [0.05, 0.1) is 17.9 Å². The fourth-order valence-corrected chi connectivity index (χ4v) is 3.54. The molecule has 0 amide bonds. The number of carboxylic acid groups (broad SMARTS) is 1. The van der Waals surface area contributed by atoms with Gasteiger partial charge in [-0.05, 0) is 51.3 Å². The van der Waals surface area contributed by atoms with Gasteiger partial charge >= 0.3 is 5.97 Å². The number of nitrogens with zero attached hydrogens (tertiary/aromatic N) is 3. The van der Waals surface area contributed by atoms with Gasteiger partial charge in [-0.2, -0.15) is 5.10 Å². The Labute approximate surface area is 185 Å². The van der Waals surface area contributed by atoms with Gasteiger partial charge in [-0.1, -0.05) is 20.8 Å². The van der Waals surface area contributed by atoms with Crippen LogP contribution in [0.1, 0.15) is 63.5 Å². The molecule has 0 saturated carbocycles. The molecule has 9 nitrogen and oxygen atoms in total. The maximum absolute atomic E-state index is 13.0. The molecular weight excluding hydrogens is 412 g/mol. The maximum Gasteiger partial charge on any atom is 0.331 e. The quantitative estimate of drug-likeness (QED) is 0.487. The van der Waals surface area contributed by atoms with Gasteiger partial charge in [-0.3, -0.25) is 9.59 Å². The van der Waals surface area contributed by atoms with Crippen molar-refractivity contribution in [1.82, 2.24) is 19.7 Å². The van der Waals surface area contributed by atoms with Crippen LogP contribution in [0, 0.1) is 0 Å². The molecule has 2 heterocycles. The molecule has 0 aliphatic carbocycles. The number of benzene rings is 1. The number of Topliss-reactive ketones (excluding diaryl/α,β-unsaturated/α-hetero) is 1. The molecule has 0 radical (unpaired) electrons. The van der Waals surface area contributed by atoms with Crippen molar-refractivity contribution in [2.24, 2.45) is 0 Å². The Morgan fingerprint density at radius 3 is 2.50 bits per heavy atom. The molecule has 0 spiro atoms. The third kappa shape index (κ3) is 3.90. The van der Waals surface area contributed by atoms with E-state index in [4.69, 9.17) is 4.74 Å². The Hall–Kier alpha value is -3.49. The minimum absolute atomic E-state index is 0.0743. The number of aliphatic carboxylic acids is 1. The number of hydrogen-bond donors (Lipinski definition) is 2. The van der Waals surface area contributed by atoms with E-state index >= 15 is 0 Å². The van der Waals surface area contributed by atoms with Crippen LogP contribution in [0.5, 0.6) is 5.75 Å². The van der Waals surface area contributed by atoms with Gasteiger partial charge in [-0.15, -0.1) is 0 Å². The Morgan fingerprint density at radius 2 is 1.94 bits per heavy atom. The van der Waals surface area contributed by atoms with E-state index in [-0.39, 0.29) is 23.5 Å². The van der Waals surface area contributed by atoms with Crippen molar-refractivity contribution >= 4 is 22.8 Å². The molecule has 0 fully saturated rings. The molecule has 0 saturated heterocycles. The highest BCUT2D eigenvalue weighted by Crippen LogP contribution is 2.31. The van der Waals surface area contributed by atoms with Gasteiger partial charge in [0.15, 0.2) is 16.8 Å². The lowest BCUT2D eigenvalue weighted by Gasteiger charge is -2.25. The number of aromatic amines is 1. The second-order valence-electron chi connectivity index (χ2n) is 7.87. The van der Waals surface area contributed by atoms with Crippen LogP contribution in [-0.2, 0) is 16.8 Å². The lowest BCUT2D eigenvalue weighted by molar-refractivity contribution is -0.147. The van der Waals surface area contributed by atoms with Crippen molar-refractivity contribution in [3.05, 3.63) is 39.8 Å². The van der Waals surface area contributed by atoms with Crippen LogP contribution in [0.2, 0.25) is 0 Å². The lowest BCUT2D eigenvalue weighted by Crippen LogP contribution is -2.40. The summed E-state index contributed by atoms with van der Waals surface area (Å²) in [7, 11) is 0. The van der Waals surface area contributed by atoms with Crippen LogP contribution in [0.25, 0.3) is 22.4 Å². The van der Waals surface area contributed by atoms with Gasteiger partial charge in [0, 0.05) is 5.56 Å². The monoisotopic (exact) mass is 440 g/mol. The molecular formula is C23H28N4O5. The summed E-state index contributed by atoms with van der Waals surface area (Å²) in [4.78, 5) is 44.3. The highest BCUT2D eigenvalue weighted by molar-refractivity contribution is 5.95. The zero-order chi connectivity index (χ0) is 23.6. The molecule has 170 valence electrons. The average Bonchev–Trinajstić information content (AvgIpc) is 3.16. The van der Waals surface area contributed by atoms with E-state index in [1.165, 1.54) is 11.6 Å². The number of carbonyl (C=O) groups excluding carboxylic acids is 1. The Balaban J connectivity index is 2.31. The van der Waals surface area contributed by atoms with Gasteiger partial charge < -0.3 is 14.8 Å². The SMILES string of the molecule is CCCOc1ccc(C(C)=O)cc1-c1nc2c(CC)n(C(C)(CC)C(=O)O)nc2c(=O)[nH]1. The highest BCUT2D eigenvalue weighted by atomic mass is 16.5. The van der Waals surface area contributed by atoms with E-state index in [0.717, 1.165) is 6.42 Å². The lowest BCUT2D eigenvalue weighted by atomic mass is 9.99. The molecule has 0 bridgehead atoms. The number of hydrogen-bond acceptors (Lipinski definition) is 6. The van der Waals surface area contributed by atoms with E-state index < -0.39 is 17.1 Å². The zero-order valence-corrected chi connectivity index (χ0v) is 19.0. The summed E-state index contributed by atoms with van der Waals surface area (Å²) in [6.07, 6.45) is 1.50.